The maximum absolute atomic E-state index is 10.7. The van der Waals surface area contributed by atoms with Gasteiger partial charge in [0, 0.05) is 6.54 Å². The summed E-state index contributed by atoms with van der Waals surface area (Å²) >= 11 is 0. The van der Waals surface area contributed by atoms with Crippen LogP contribution in [0.2, 0.25) is 0 Å². The van der Waals surface area contributed by atoms with Crippen LogP contribution < -0.4 is 5.73 Å². The quantitative estimate of drug-likeness (QED) is 0.742. The summed E-state index contributed by atoms with van der Waals surface area (Å²) in [5.74, 6) is -0.967. The predicted octanol–water partition coefficient (Wildman–Crippen LogP) is 0.0882. The van der Waals surface area contributed by atoms with Crippen LogP contribution in [-0.2, 0) is 6.54 Å². The molecule has 0 aliphatic rings. The fourth-order valence-electron chi connectivity index (χ4n) is 1.39. The minimum Gasteiger partial charge on any atom is -0.478 e. The summed E-state index contributed by atoms with van der Waals surface area (Å²) in [6, 6.07) is 4.72. The Kier molecular flexibility index (Phi) is 2.34. The lowest BCUT2D eigenvalue weighted by molar-refractivity contribution is 0.0697. The Bertz CT molecular complexity index is 506. The summed E-state index contributed by atoms with van der Waals surface area (Å²) in [5.41, 5.74) is 6.99. The zero-order valence-electron chi connectivity index (χ0n) is 7.92. The van der Waals surface area contributed by atoms with E-state index in [1.165, 1.54) is 12.1 Å². The van der Waals surface area contributed by atoms with Gasteiger partial charge in [0.15, 0.2) is 0 Å². The van der Waals surface area contributed by atoms with Gasteiger partial charge in [-0.15, -0.1) is 5.10 Å². The first-order valence-electron chi connectivity index (χ1n) is 4.49. The number of aromatic carboxylic acids is 1. The Morgan fingerprint density at radius 3 is 3.00 bits per heavy atom. The van der Waals surface area contributed by atoms with E-state index >= 15 is 0 Å². The van der Waals surface area contributed by atoms with Crippen molar-refractivity contribution in [3.05, 3.63) is 23.8 Å². The van der Waals surface area contributed by atoms with Crippen molar-refractivity contribution in [1.82, 2.24) is 15.0 Å². The number of fused-ring (bicyclic) bond motifs is 1. The highest BCUT2D eigenvalue weighted by Gasteiger charge is 2.08. The molecule has 78 valence electrons. The number of aromatic nitrogens is 3. The van der Waals surface area contributed by atoms with Gasteiger partial charge in [0.2, 0.25) is 0 Å². The molecule has 0 fully saturated rings. The van der Waals surface area contributed by atoms with Crippen LogP contribution >= 0.6 is 0 Å². The minimum absolute atomic E-state index is 0.210. The van der Waals surface area contributed by atoms with Crippen LogP contribution in [-0.4, -0.2) is 32.6 Å². The molecular weight excluding hydrogens is 196 g/mol. The molecule has 0 bridgehead atoms. The molecule has 15 heavy (non-hydrogen) atoms. The third-order valence-electron chi connectivity index (χ3n) is 2.10. The van der Waals surface area contributed by atoms with Gasteiger partial charge < -0.3 is 10.8 Å². The van der Waals surface area contributed by atoms with Crippen LogP contribution in [0.15, 0.2) is 18.2 Å². The van der Waals surface area contributed by atoms with E-state index in [0.717, 1.165) is 5.52 Å². The molecule has 0 radical (unpaired) electrons. The lowest BCUT2D eigenvalue weighted by Crippen LogP contribution is -2.10. The number of hydrogen-bond acceptors (Lipinski definition) is 4. The molecule has 1 heterocycles. The molecule has 1 aromatic carbocycles. The number of nitrogens with two attached hydrogens (primary N) is 1. The zero-order valence-corrected chi connectivity index (χ0v) is 7.92. The second-order valence-electron chi connectivity index (χ2n) is 3.11. The van der Waals surface area contributed by atoms with Crippen molar-refractivity contribution in [2.45, 2.75) is 6.54 Å². The summed E-state index contributed by atoms with van der Waals surface area (Å²) < 4.78 is 1.65. The highest BCUT2D eigenvalue weighted by molar-refractivity contribution is 5.92. The second kappa shape index (κ2) is 3.66. The van der Waals surface area contributed by atoms with E-state index in [4.69, 9.17) is 10.8 Å². The standard InChI is InChI=1S/C9H10N4O2/c10-3-4-13-8-2-1-6(9(14)15)5-7(8)11-12-13/h1-2,5H,3-4,10H2,(H,14,15). The summed E-state index contributed by atoms with van der Waals surface area (Å²) in [5, 5.41) is 16.5. The number of rotatable bonds is 3. The lowest BCUT2D eigenvalue weighted by Gasteiger charge is -1.98. The molecule has 0 unspecified atom stereocenters. The Morgan fingerprint density at radius 1 is 1.53 bits per heavy atom. The highest BCUT2D eigenvalue weighted by atomic mass is 16.4. The first-order chi connectivity index (χ1) is 7.22. The summed E-state index contributed by atoms with van der Waals surface area (Å²) in [7, 11) is 0. The summed E-state index contributed by atoms with van der Waals surface area (Å²) in [6.07, 6.45) is 0. The first-order valence-corrected chi connectivity index (χ1v) is 4.49. The van der Waals surface area contributed by atoms with E-state index in [-0.39, 0.29) is 5.56 Å². The van der Waals surface area contributed by atoms with E-state index in [9.17, 15) is 4.79 Å². The average Bonchev–Trinajstić information content (AvgIpc) is 2.61. The van der Waals surface area contributed by atoms with Crippen LogP contribution in [0.3, 0.4) is 0 Å². The number of carboxylic acids is 1. The largest absolute Gasteiger partial charge is 0.478 e. The highest BCUT2D eigenvalue weighted by Crippen LogP contribution is 2.13. The molecule has 6 nitrogen and oxygen atoms in total. The molecule has 1 aromatic heterocycles. The molecule has 0 aliphatic carbocycles. The van der Waals surface area contributed by atoms with Gasteiger partial charge in [0.25, 0.3) is 0 Å². The van der Waals surface area contributed by atoms with Crippen molar-refractivity contribution in [2.24, 2.45) is 5.73 Å². The van der Waals surface area contributed by atoms with Crippen LogP contribution in [0.5, 0.6) is 0 Å². The third-order valence-corrected chi connectivity index (χ3v) is 2.10. The molecule has 2 rings (SSSR count). The minimum atomic E-state index is -0.967. The van der Waals surface area contributed by atoms with Crippen LogP contribution in [0.25, 0.3) is 11.0 Å². The molecule has 2 aromatic rings. The van der Waals surface area contributed by atoms with E-state index in [0.29, 0.717) is 18.6 Å². The Balaban J connectivity index is 2.51. The Morgan fingerprint density at radius 2 is 2.33 bits per heavy atom. The molecule has 0 spiro atoms. The van der Waals surface area contributed by atoms with Crippen molar-refractivity contribution in [3.63, 3.8) is 0 Å². The van der Waals surface area contributed by atoms with Crippen molar-refractivity contribution in [3.8, 4) is 0 Å². The molecule has 6 heteroatoms. The number of hydrogen-bond donors (Lipinski definition) is 2. The van der Waals surface area contributed by atoms with Crippen molar-refractivity contribution in [2.75, 3.05) is 6.54 Å². The molecule has 0 amide bonds. The molecular formula is C9H10N4O2. The van der Waals surface area contributed by atoms with E-state index in [1.807, 2.05) is 0 Å². The molecule has 0 aliphatic heterocycles. The van der Waals surface area contributed by atoms with Gasteiger partial charge >= 0.3 is 5.97 Å². The van der Waals surface area contributed by atoms with Crippen LogP contribution in [0.4, 0.5) is 0 Å². The van der Waals surface area contributed by atoms with Gasteiger partial charge in [-0.2, -0.15) is 0 Å². The molecule has 0 saturated heterocycles. The normalized spacial score (nSPS) is 10.7. The molecule has 0 atom stereocenters. The SMILES string of the molecule is NCCn1nnc2cc(C(=O)O)ccc21. The van der Waals surface area contributed by atoms with Crippen LogP contribution in [0, 0.1) is 0 Å². The van der Waals surface area contributed by atoms with Crippen LogP contribution in [0.1, 0.15) is 10.4 Å². The lowest BCUT2D eigenvalue weighted by atomic mass is 10.2. The van der Waals surface area contributed by atoms with Gasteiger partial charge in [-0.25, -0.2) is 9.48 Å². The van der Waals surface area contributed by atoms with Gasteiger partial charge in [-0.05, 0) is 18.2 Å². The summed E-state index contributed by atoms with van der Waals surface area (Å²) in [4.78, 5) is 10.7. The Hall–Kier alpha value is -1.95. The smallest absolute Gasteiger partial charge is 0.335 e. The van der Waals surface area contributed by atoms with E-state index in [1.54, 1.807) is 10.7 Å². The Labute approximate surface area is 85.3 Å². The fourth-order valence-corrected chi connectivity index (χ4v) is 1.39. The predicted molar refractivity (Wildman–Crippen MR) is 53.5 cm³/mol. The topological polar surface area (TPSA) is 94.0 Å². The third kappa shape index (κ3) is 1.66. The van der Waals surface area contributed by atoms with E-state index in [2.05, 4.69) is 10.3 Å². The molecule has 3 N–H and O–H groups in total. The monoisotopic (exact) mass is 206 g/mol. The maximum atomic E-state index is 10.7. The van der Waals surface area contributed by atoms with Crippen molar-refractivity contribution >= 4 is 17.0 Å². The van der Waals surface area contributed by atoms with Crippen molar-refractivity contribution < 1.29 is 9.90 Å². The van der Waals surface area contributed by atoms with E-state index < -0.39 is 5.97 Å². The van der Waals surface area contributed by atoms with Gasteiger partial charge in [-0.3, -0.25) is 0 Å². The van der Waals surface area contributed by atoms with Crippen molar-refractivity contribution in [1.29, 1.82) is 0 Å². The van der Waals surface area contributed by atoms with Gasteiger partial charge in [0.1, 0.15) is 5.52 Å². The number of carbonyl (C=O) groups is 1. The fraction of sp³-hybridized carbons (Fsp3) is 0.222. The number of benzene rings is 1. The van der Waals surface area contributed by atoms with Gasteiger partial charge in [0.05, 0.1) is 17.6 Å². The summed E-state index contributed by atoms with van der Waals surface area (Å²) in [6.45, 7) is 1.04. The second-order valence-corrected chi connectivity index (χ2v) is 3.11. The average molecular weight is 206 g/mol. The number of nitrogens with zero attached hydrogens (tertiary/aromatic N) is 3. The first kappa shape index (κ1) is 9.60. The maximum Gasteiger partial charge on any atom is 0.335 e. The zero-order chi connectivity index (χ0) is 10.8. The number of carboxylic acid groups (broad SMARTS) is 1. The molecule has 0 saturated carbocycles. The van der Waals surface area contributed by atoms with Gasteiger partial charge in [-0.1, -0.05) is 5.21 Å².